The fraction of sp³-hybridized carbons (Fsp3) is 0. The van der Waals surface area contributed by atoms with Gasteiger partial charge in [-0.1, -0.05) is 127 Å². The summed E-state index contributed by atoms with van der Waals surface area (Å²) in [5.74, 6) is 1.51. The molecule has 11 aromatic rings. The van der Waals surface area contributed by atoms with Gasteiger partial charge < -0.3 is 4.42 Å². The second-order valence-corrected chi connectivity index (χ2v) is 12.9. The van der Waals surface area contributed by atoms with Gasteiger partial charge in [0.2, 0.25) is 0 Å². The zero-order valence-electron chi connectivity index (χ0n) is 26.8. The lowest BCUT2D eigenvalue weighted by Crippen LogP contribution is -2.02. The van der Waals surface area contributed by atoms with Gasteiger partial charge in [0.25, 0.3) is 0 Å². The van der Waals surface area contributed by atoms with Crippen molar-refractivity contribution in [2.75, 3.05) is 0 Å². The van der Waals surface area contributed by atoms with E-state index in [2.05, 4.69) is 150 Å². The largest absolute Gasteiger partial charge is 0.455 e. The molecule has 0 spiro atoms. The highest BCUT2D eigenvalue weighted by molar-refractivity contribution is 6.34. The number of rotatable bonds is 4. The van der Waals surface area contributed by atoms with E-state index in [1.165, 1.54) is 43.1 Å². The molecule has 0 bridgehead atoms. The first-order chi connectivity index (χ1) is 24.8. The molecule has 0 unspecified atom stereocenters. The van der Waals surface area contributed by atoms with Gasteiger partial charge in [0.05, 0.1) is 16.7 Å². The molecule has 0 saturated carbocycles. The maximum Gasteiger partial charge on any atom is 0.162 e. The van der Waals surface area contributed by atoms with Crippen molar-refractivity contribution in [1.29, 1.82) is 0 Å². The molecule has 11 rings (SSSR count). The first kappa shape index (κ1) is 27.2. The quantitative estimate of drug-likeness (QED) is 0.180. The monoisotopic (exact) mass is 637 g/mol. The lowest BCUT2D eigenvalue weighted by molar-refractivity contribution is 0.670. The van der Waals surface area contributed by atoms with Crippen molar-refractivity contribution in [1.82, 2.24) is 14.5 Å². The normalized spacial score (nSPS) is 12.0. The van der Waals surface area contributed by atoms with Crippen LogP contribution in [0.1, 0.15) is 0 Å². The molecular weight excluding hydrogens is 611 g/mol. The van der Waals surface area contributed by atoms with Crippen LogP contribution in [0.3, 0.4) is 0 Å². The molecule has 232 valence electrons. The van der Waals surface area contributed by atoms with Gasteiger partial charge in [0, 0.05) is 44.3 Å². The van der Waals surface area contributed by atoms with Crippen LogP contribution in [0, 0.1) is 0 Å². The van der Waals surface area contributed by atoms with Crippen LogP contribution in [-0.2, 0) is 0 Å². The third-order valence-corrected chi connectivity index (χ3v) is 10.2. The van der Waals surface area contributed by atoms with Crippen LogP contribution >= 0.6 is 0 Å². The summed E-state index contributed by atoms with van der Waals surface area (Å²) < 4.78 is 8.97. The van der Waals surface area contributed by atoms with Gasteiger partial charge in [0.15, 0.2) is 5.82 Å². The van der Waals surface area contributed by atoms with E-state index in [0.29, 0.717) is 5.82 Å². The van der Waals surface area contributed by atoms with Crippen LogP contribution in [0.25, 0.3) is 105 Å². The molecule has 0 radical (unpaired) electrons. The number of benzene rings is 8. The average molecular weight is 638 g/mol. The van der Waals surface area contributed by atoms with Gasteiger partial charge >= 0.3 is 0 Å². The van der Waals surface area contributed by atoms with Gasteiger partial charge in [-0.05, 0) is 57.4 Å². The van der Waals surface area contributed by atoms with E-state index < -0.39 is 0 Å². The summed E-state index contributed by atoms with van der Waals surface area (Å²) in [5, 5.41) is 9.70. The van der Waals surface area contributed by atoms with E-state index in [1.54, 1.807) is 0 Å². The summed E-state index contributed by atoms with van der Waals surface area (Å²) >= 11 is 0. The summed E-state index contributed by atoms with van der Waals surface area (Å²) in [6.07, 6.45) is 0. The van der Waals surface area contributed by atoms with Crippen molar-refractivity contribution in [3.63, 3.8) is 0 Å². The van der Waals surface area contributed by atoms with Gasteiger partial charge in [-0.15, -0.1) is 0 Å². The number of nitrogens with zero attached hydrogens (tertiary/aromatic N) is 3. The molecule has 0 N–H and O–H groups in total. The van der Waals surface area contributed by atoms with Crippen LogP contribution < -0.4 is 0 Å². The van der Waals surface area contributed by atoms with Crippen LogP contribution in [0.5, 0.6) is 0 Å². The molecule has 0 aliphatic rings. The van der Waals surface area contributed by atoms with Gasteiger partial charge in [0.1, 0.15) is 17.0 Å². The van der Waals surface area contributed by atoms with Crippen molar-refractivity contribution in [2.24, 2.45) is 0 Å². The van der Waals surface area contributed by atoms with Gasteiger partial charge in [-0.2, -0.15) is 0 Å². The Labute approximate surface area is 286 Å². The number of para-hydroxylation sites is 2. The standard InChI is InChI=1S/C46H27N3O/c1-2-12-28(13-3-1)46-47-38(27-42(48-46)49-39-21-8-6-18-34(39)35-19-7-9-22-40(35)49)30-15-10-14-29(26-30)31-24-25-37-33-17-5-4-16-32(33)36-20-11-23-41-43(36)44(37)45(31)50-41/h1-27H. The zero-order valence-corrected chi connectivity index (χ0v) is 26.8. The summed E-state index contributed by atoms with van der Waals surface area (Å²) in [4.78, 5) is 10.4. The molecule has 8 aromatic carbocycles. The Morgan fingerprint density at radius 2 is 1.02 bits per heavy atom. The Hall–Kier alpha value is -6.78. The topological polar surface area (TPSA) is 43.9 Å². The SMILES string of the molecule is c1ccc(-c2nc(-c3cccc(-c4ccc5c6ccccc6c6cccc7oc4c5c76)c3)cc(-n3c4ccccc4c4ccccc43)n2)cc1. The van der Waals surface area contributed by atoms with E-state index in [0.717, 1.165) is 56.0 Å². The smallest absolute Gasteiger partial charge is 0.162 e. The van der Waals surface area contributed by atoms with Crippen molar-refractivity contribution in [3.05, 3.63) is 164 Å². The van der Waals surface area contributed by atoms with E-state index in [-0.39, 0.29) is 0 Å². The second-order valence-electron chi connectivity index (χ2n) is 12.9. The summed E-state index contributed by atoms with van der Waals surface area (Å²) in [7, 11) is 0. The number of furan rings is 1. The predicted octanol–water partition coefficient (Wildman–Crippen LogP) is 12.2. The third-order valence-electron chi connectivity index (χ3n) is 10.2. The highest BCUT2D eigenvalue weighted by Gasteiger charge is 2.21. The Balaban J connectivity index is 1.14. The minimum absolute atomic E-state index is 0.683. The molecule has 4 nitrogen and oxygen atoms in total. The lowest BCUT2D eigenvalue weighted by Gasteiger charge is -2.13. The van der Waals surface area contributed by atoms with Crippen LogP contribution in [0.4, 0.5) is 0 Å². The molecular formula is C46H27N3O. The molecule has 3 heterocycles. The van der Waals surface area contributed by atoms with Crippen molar-refractivity contribution in [2.45, 2.75) is 0 Å². The molecule has 0 amide bonds. The lowest BCUT2D eigenvalue weighted by atomic mass is 9.91. The number of hydrogen-bond acceptors (Lipinski definition) is 3. The first-order valence-electron chi connectivity index (χ1n) is 16.9. The van der Waals surface area contributed by atoms with Crippen LogP contribution in [0.2, 0.25) is 0 Å². The van der Waals surface area contributed by atoms with Gasteiger partial charge in [-0.25, -0.2) is 9.97 Å². The van der Waals surface area contributed by atoms with E-state index in [1.807, 2.05) is 18.2 Å². The maximum atomic E-state index is 6.71. The Morgan fingerprint density at radius 1 is 0.420 bits per heavy atom. The maximum absolute atomic E-state index is 6.71. The summed E-state index contributed by atoms with van der Waals surface area (Å²) in [6, 6.07) is 57.6. The number of hydrogen-bond donors (Lipinski definition) is 0. The Kier molecular flexibility index (Phi) is 5.63. The molecule has 50 heavy (non-hydrogen) atoms. The molecule has 0 atom stereocenters. The molecule has 0 aliphatic heterocycles. The Morgan fingerprint density at radius 3 is 1.78 bits per heavy atom. The van der Waals surface area contributed by atoms with Crippen molar-refractivity contribution < 1.29 is 4.42 Å². The second kappa shape index (κ2) is 10.4. The molecule has 0 saturated heterocycles. The highest BCUT2D eigenvalue weighted by Crippen LogP contribution is 2.46. The minimum atomic E-state index is 0.683. The van der Waals surface area contributed by atoms with Crippen LogP contribution in [0.15, 0.2) is 168 Å². The minimum Gasteiger partial charge on any atom is -0.455 e. The van der Waals surface area contributed by atoms with E-state index in [9.17, 15) is 0 Å². The summed E-state index contributed by atoms with van der Waals surface area (Å²) in [5.41, 5.74) is 9.02. The van der Waals surface area contributed by atoms with Gasteiger partial charge in [-0.3, -0.25) is 4.57 Å². The molecule has 0 aliphatic carbocycles. The van der Waals surface area contributed by atoms with E-state index in [4.69, 9.17) is 14.4 Å². The Bertz CT molecular complexity index is 3040. The molecule has 0 fully saturated rings. The first-order valence-corrected chi connectivity index (χ1v) is 16.9. The fourth-order valence-corrected chi connectivity index (χ4v) is 7.98. The number of fused-ring (bicyclic) bond motifs is 6. The van der Waals surface area contributed by atoms with Crippen LogP contribution in [-0.4, -0.2) is 14.5 Å². The molecule has 4 heteroatoms. The zero-order chi connectivity index (χ0) is 32.8. The third kappa shape index (κ3) is 3.87. The number of aromatic nitrogens is 3. The van der Waals surface area contributed by atoms with E-state index >= 15 is 0 Å². The molecule has 3 aromatic heterocycles. The van der Waals surface area contributed by atoms with Crippen molar-refractivity contribution in [3.8, 4) is 39.6 Å². The fourth-order valence-electron chi connectivity index (χ4n) is 7.98. The highest BCUT2D eigenvalue weighted by atomic mass is 16.3. The average Bonchev–Trinajstić information content (AvgIpc) is 3.75. The predicted molar refractivity (Wildman–Crippen MR) is 206 cm³/mol. The summed E-state index contributed by atoms with van der Waals surface area (Å²) in [6.45, 7) is 0. The van der Waals surface area contributed by atoms with Crippen molar-refractivity contribution >= 4 is 65.3 Å².